The fourth-order valence-electron chi connectivity index (χ4n) is 3.10. The predicted molar refractivity (Wildman–Crippen MR) is 95.9 cm³/mol. The van der Waals surface area contributed by atoms with Crippen LogP contribution in [0, 0.1) is 10.1 Å². The number of hydrogen-bond acceptors (Lipinski definition) is 5. The van der Waals surface area contributed by atoms with E-state index in [9.17, 15) is 14.9 Å². The van der Waals surface area contributed by atoms with E-state index in [2.05, 4.69) is 16.8 Å². The zero-order valence-corrected chi connectivity index (χ0v) is 14.6. The Morgan fingerprint density at radius 3 is 2.56 bits per heavy atom. The van der Waals surface area contributed by atoms with Gasteiger partial charge in [0.1, 0.15) is 0 Å². The molecule has 1 amide bonds. The summed E-state index contributed by atoms with van der Waals surface area (Å²) in [6.45, 7) is 1.99. The number of ether oxygens (including phenoxy) is 1. The predicted octanol–water partition coefficient (Wildman–Crippen LogP) is 3.06. The molecule has 0 atom stereocenters. The number of carbonyl (C=O) groups excluding carboxylic acids is 1. The highest BCUT2D eigenvalue weighted by atomic mass is 32.1. The number of hydrogen-bond donors (Lipinski definition) is 1. The molecule has 1 fully saturated rings. The molecular weight excluding hydrogens is 340 g/mol. The number of carbonyl (C=O) groups is 1. The largest absolute Gasteiger partial charge is 0.381 e. The van der Waals surface area contributed by atoms with E-state index in [1.54, 1.807) is 23.5 Å². The van der Waals surface area contributed by atoms with Gasteiger partial charge in [0, 0.05) is 42.2 Å². The third kappa shape index (κ3) is 4.24. The van der Waals surface area contributed by atoms with Gasteiger partial charge < -0.3 is 10.1 Å². The van der Waals surface area contributed by atoms with Gasteiger partial charge in [-0.2, -0.15) is 0 Å². The fourth-order valence-corrected chi connectivity index (χ4v) is 4.09. The summed E-state index contributed by atoms with van der Waals surface area (Å²) >= 11 is 1.72. The lowest BCUT2D eigenvalue weighted by atomic mass is 9.78. The Balaban J connectivity index is 1.61. The van der Waals surface area contributed by atoms with Gasteiger partial charge in [0.15, 0.2) is 0 Å². The average Bonchev–Trinajstić information content (AvgIpc) is 3.17. The number of non-ortho nitro benzene ring substituents is 1. The monoisotopic (exact) mass is 360 g/mol. The highest BCUT2D eigenvalue weighted by Gasteiger charge is 2.35. The van der Waals surface area contributed by atoms with Gasteiger partial charge in [-0.15, -0.1) is 11.3 Å². The molecule has 2 heterocycles. The minimum Gasteiger partial charge on any atom is -0.381 e. The second-order valence-electron chi connectivity index (χ2n) is 6.25. The van der Waals surface area contributed by atoms with Crippen molar-refractivity contribution in [3.63, 3.8) is 0 Å². The van der Waals surface area contributed by atoms with Crippen molar-refractivity contribution in [1.29, 1.82) is 0 Å². The standard InChI is InChI=1S/C18H20N2O4S/c21-17(12-14-3-5-15(6-4-14)20(22)23)19-13-18(7-9-24-10-8-18)16-2-1-11-25-16/h1-6,11H,7-10,12-13H2,(H,19,21). The van der Waals surface area contributed by atoms with Crippen molar-refractivity contribution in [1.82, 2.24) is 5.32 Å². The second kappa shape index (κ2) is 7.76. The number of rotatable bonds is 6. The molecule has 0 bridgehead atoms. The molecule has 3 rings (SSSR count). The normalized spacial score (nSPS) is 16.3. The first-order valence-corrected chi connectivity index (χ1v) is 9.09. The highest BCUT2D eigenvalue weighted by molar-refractivity contribution is 7.10. The molecule has 0 spiro atoms. The van der Waals surface area contributed by atoms with Gasteiger partial charge >= 0.3 is 0 Å². The van der Waals surface area contributed by atoms with E-state index in [-0.39, 0.29) is 23.4 Å². The molecule has 132 valence electrons. The molecule has 2 aromatic rings. The van der Waals surface area contributed by atoms with E-state index >= 15 is 0 Å². The maximum Gasteiger partial charge on any atom is 0.269 e. The van der Waals surface area contributed by atoms with Gasteiger partial charge in [-0.05, 0) is 29.9 Å². The number of thiophene rings is 1. The van der Waals surface area contributed by atoms with Crippen LogP contribution in [0.15, 0.2) is 41.8 Å². The van der Waals surface area contributed by atoms with Crippen LogP contribution in [-0.4, -0.2) is 30.6 Å². The third-order valence-electron chi connectivity index (χ3n) is 4.63. The summed E-state index contributed by atoms with van der Waals surface area (Å²) in [5.74, 6) is -0.0729. The molecule has 0 aliphatic carbocycles. The van der Waals surface area contributed by atoms with E-state index < -0.39 is 4.92 Å². The van der Waals surface area contributed by atoms with Gasteiger partial charge in [0.25, 0.3) is 5.69 Å². The molecule has 1 aliphatic rings. The van der Waals surface area contributed by atoms with Crippen LogP contribution in [0.1, 0.15) is 23.3 Å². The van der Waals surface area contributed by atoms with Crippen molar-refractivity contribution in [3.05, 3.63) is 62.3 Å². The van der Waals surface area contributed by atoms with Gasteiger partial charge in [-0.3, -0.25) is 14.9 Å². The lowest BCUT2D eigenvalue weighted by Crippen LogP contribution is -2.44. The average molecular weight is 360 g/mol. The SMILES string of the molecule is O=C(Cc1ccc([N+](=O)[O-])cc1)NCC1(c2cccs2)CCOCC1. The molecule has 0 radical (unpaired) electrons. The van der Waals surface area contributed by atoms with E-state index in [4.69, 9.17) is 4.74 Å². The summed E-state index contributed by atoms with van der Waals surface area (Å²) in [5, 5.41) is 15.8. The summed E-state index contributed by atoms with van der Waals surface area (Å²) in [6, 6.07) is 10.3. The number of nitro benzene ring substituents is 1. The zero-order chi connectivity index (χ0) is 17.7. The topological polar surface area (TPSA) is 81.5 Å². The molecule has 7 heteroatoms. The summed E-state index contributed by atoms with van der Waals surface area (Å²) in [6.07, 6.45) is 2.01. The lowest BCUT2D eigenvalue weighted by Gasteiger charge is -2.36. The molecular formula is C18H20N2O4S. The van der Waals surface area contributed by atoms with Crippen molar-refractivity contribution in [2.45, 2.75) is 24.7 Å². The van der Waals surface area contributed by atoms with Crippen LogP contribution in [-0.2, 0) is 21.4 Å². The lowest BCUT2D eigenvalue weighted by molar-refractivity contribution is -0.384. The number of nitrogens with zero attached hydrogens (tertiary/aromatic N) is 1. The van der Waals surface area contributed by atoms with Crippen LogP contribution in [0.2, 0.25) is 0 Å². The first-order chi connectivity index (χ1) is 12.1. The van der Waals surface area contributed by atoms with E-state index in [0.717, 1.165) is 18.4 Å². The van der Waals surface area contributed by atoms with Crippen molar-refractivity contribution < 1.29 is 14.5 Å². The van der Waals surface area contributed by atoms with Gasteiger partial charge in [0.05, 0.1) is 11.3 Å². The van der Waals surface area contributed by atoms with Crippen LogP contribution in [0.5, 0.6) is 0 Å². The molecule has 1 aliphatic heterocycles. The highest BCUT2D eigenvalue weighted by Crippen LogP contribution is 2.36. The number of nitrogens with one attached hydrogen (secondary N) is 1. The van der Waals surface area contributed by atoms with Gasteiger partial charge in [0.2, 0.25) is 5.91 Å². The second-order valence-corrected chi connectivity index (χ2v) is 7.19. The van der Waals surface area contributed by atoms with Gasteiger partial charge in [-0.1, -0.05) is 18.2 Å². The van der Waals surface area contributed by atoms with Gasteiger partial charge in [-0.25, -0.2) is 0 Å². The van der Waals surface area contributed by atoms with E-state index in [1.165, 1.54) is 17.0 Å². The van der Waals surface area contributed by atoms with Crippen LogP contribution in [0.25, 0.3) is 0 Å². The Kier molecular flexibility index (Phi) is 5.45. The Morgan fingerprint density at radius 1 is 1.24 bits per heavy atom. The Morgan fingerprint density at radius 2 is 1.96 bits per heavy atom. The number of amides is 1. The smallest absolute Gasteiger partial charge is 0.269 e. The summed E-state index contributed by atoms with van der Waals surface area (Å²) < 4.78 is 5.49. The maximum absolute atomic E-state index is 12.3. The maximum atomic E-state index is 12.3. The number of nitro groups is 1. The molecule has 1 aromatic carbocycles. The van der Waals surface area contributed by atoms with Crippen LogP contribution in [0.4, 0.5) is 5.69 Å². The first kappa shape index (κ1) is 17.6. The summed E-state index contributed by atoms with van der Waals surface area (Å²) in [5.41, 5.74) is 0.737. The number of benzene rings is 1. The molecule has 25 heavy (non-hydrogen) atoms. The molecule has 1 saturated heterocycles. The van der Waals surface area contributed by atoms with Crippen LogP contribution >= 0.6 is 11.3 Å². The van der Waals surface area contributed by atoms with Crippen molar-refractivity contribution in [2.24, 2.45) is 0 Å². The Bertz CT molecular complexity index is 722. The molecule has 6 nitrogen and oxygen atoms in total. The molecule has 1 aromatic heterocycles. The van der Waals surface area contributed by atoms with E-state index in [1.807, 2.05) is 6.07 Å². The minimum atomic E-state index is -0.445. The van der Waals surface area contributed by atoms with Crippen molar-refractivity contribution in [2.75, 3.05) is 19.8 Å². The Labute approximate surface area is 150 Å². The minimum absolute atomic E-state index is 0.0306. The molecule has 0 saturated carbocycles. The Hall–Kier alpha value is -2.25. The molecule has 0 unspecified atom stereocenters. The summed E-state index contributed by atoms with van der Waals surface area (Å²) in [7, 11) is 0. The van der Waals surface area contributed by atoms with Crippen molar-refractivity contribution in [3.8, 4) is 0 Å². The van der Waals surface area contributed by atoms with Crippen LogP contribution in [0.3, 0.4) is 0 Å². The zero-order valence-electron chi connectivity index (χ0n) is 13.8. The summed E-state index contributed by atoms with van der Waals surface area (Å²) in [4.78, 5) is 23.8. The van der Waals surface area contributed by atoms with Crippen LogP contribution < -0.4 is 5.32 Å². The molecule has 1 N–H and O–H groups in total. The fraction of sp³-hybridized carbons (Fsp3) is 0.389. The quantitative estimate of drug-likeness (QED) is 0.634. The first-order valence-electron chi connectivity index (χ1n) is 8.21. The van der Waals surface area contributed by atoms with E-state index in [0.29, 0.717) is 19.8 Å². The third-order valence-corrected chi connectivity index (χ3v) is 5.75. The van der Waals surface area contributed by atoms with Crippen molar-refractivity contribution >= 4 is 22.9 Å².